The molecule has 0 saturated carbocycles. The van der Waals surface area contributed by atoms with E-state index >= 15 is 0 Å². The van der Waals surface area contributed by atoms with Crippen LogP contribution in [0.25, 0.3) is 0 Å². The van der Waals surface area contributed by atoms with Gasteiger partial charge in [0.25, 0.3) is 0 Å². The first kappa shape index (κ1) is 14.4. The molecule has 0 bridgehead atoms. The van der Waals surface area contributed by atoms with E-state index in [2.05, 4.69) is 30.5 Å². The molecular weight excluding hydrogens is 234 g/mol. The van der Waals surface area contributed by atoms with E-state index in [0.29, 0.717) is 6.04 Å². The summed E-state index contributed by atoms with van der Waals surface area (Å²) >= 11 is 0. The Morgan fingerprint density at radius 2 is 2.35 bits per heavy atom. The summed E-state index contributed by atoms with van der Waals surface area (Å²) in [7, 11) is -0.689. The molecular formula is C12H23N3OS. The van der Waals surface area contributed by atoms with Crippen LogP contribution in [0.4, 0.5) is 0 Å². The van der Waals surface area contributed by atoms with Gasteiger partial charge in [-0.2, -0.15) is 5.10 Å². The van der Waals surface area contributed by atoms with Crippen molar-refractivity contribution in [2.24, 2.45) is 0 Å². The van der Waals surface area contributed by atoms with E-state index in [9.17, 15) is 4.21 Å². The molecule has 0 aliphatic heterocycles. The highest BCUT2D eigenvalue weighted by molar-refractivity contribution is 7.84. The summed E-state index contributed by atoms with van der Waals surface area (Å²) in [5.74, 6) is 0.767. The van der Waals surface area contributed by atoms with Gasteiger partial charge in [-0.1, -0.05) is 6.92 Å². The molecule has 1 aromatic rings. The minimum Gasteiger partial charge on any atom is -0.310 e. The lowest BCUT2D eigenvalue weighted by Gasteiger charge is -2.11. The summed E-state index contributed by atoms with van der Waals surface area (Å²) in [5, 5.41) is 7.71. The zero-order valence-corrected chi connectivity index (χ0v) is 11.8. The molecule has 0 saturated heterocycles. The predicted octanol–water partition coefficient (Wildman–Crippen LogP) is 1.54. The number of hydrogen-bond donors (Lipinski definition) is 1. The van der Waals surface area contributed by atoms with Crippen molar-refractivity contribution in [2.75, 3.05) is 12.0 Å². The van der Waals surface area contributed by atoms with E-state index in [1.54, 1.807) is 6.26 Å². The van der Waals surface area contributed by atoms with Crippen LogP contribution in [0.15, 0.2) is 12.4 Å². The van der Waals surface area contributed by atoms with E-state index in [-0.39, 0.29) is 0 Å². The van der Waals surface area contributed by atoms with Gasteiger partial charge in [0, 0.05) is 53.7 Å². The molecule has 0 amide bonds. The first-order valence-corrected chi connectivity index (χ1v) is 7.89. The van der Waals surface area contributed by atoms with E-state index in [1.165, 1.54) is 5.56 Å². The molecule has 0 aromatic carbocycles. The zero-order valence-electron chi connectivity index (χ0n) is 11.0. The van der Waals surface area contributed by atoms with Gasteiger partial charge in [0.05, 0.1) is 6.20 Å². The number of hydrogen-bond acceptors (Lipinski definition) is 3. The molecule has 0 radical (unpaired) electrons. The lowest BCUT2D eigenvalue weighted by molar-refractivity contribution is 0.534. The molecule has 1 rings (SSSR count). The van der Waals surface area contributed by atoms with Crippen molar-refractivity contribution < 1.29 is 4.21 Å². The number of rotatable bonds is 8. The summed E-state index contributed by atoms with van der Waals surface area (Å²) in [5.41, 5.74) is 1.21. The van der Waals surface area contributed by atoms with Gasteiger partial charge in [-0.25, -0.2) is 0 Å². The van der Waals surface area contributed by atoms with Gasteiger partial charge >= 0.3 is 0 Å². The van der Waals surface area contributed by atoms with Crippen molar-refractivity contribution in [3.05, 3.63) is 18.0 Å². The zero-order chi connectivity index (χ0) is 12.7. The Balaban J connectivity index is 2.26. The SMILES string of the molecule is CCCn1cc(CNC(C)CCS(C)=O)cn1. The lowest BCUT2D eigenvalue weighted by atomic mass is 10.2. The summed E-state index contributed by atoms with van der Waals surface area (Å²) in [4.78, 5) is 0. The fourth-order valence-corrected chi connectivity index (χ4v) is 2.27. The van der Waals surface area contributed by atoms with Crippen LogP contribution < -0.4 is 5.32 Å². The largest absolute Gasteiger partial charge is 0.310 e. The van der Waals surface area contributed by atoms with Gasteiger partial charge in [-0.05, 0) is 19.8 Å². The van der Waals surface area contributed by atoms with Crippen LogP contribution in [0.3, 0.4) is 0 Å². The molecule has 0 spiro atoms. The predicted molar refractivity (Wildman–Crippen MR) is 72.4 cm³/mol. The van der Waals surface area contributed by atoms with Crippen LogP contribution in [-0.2, 0) is 23.9 Å². The highest BCUT2D eigenvalue weighted by Gasteiger charge is 2.04. The van der Waals surface area contributed by atoms with Crippen molar-refractivity contribution in [2.45, 2.75) is 45.8 Å². The van der Waals surface area contributed by atoms with Crippen LogP contribution in [0.2, 0.25) is 0 Å². The van der Waals surface area contributed by atoms with Gasteiger partial charge in [0.1, 0.15) is 0 Å². The average molecular weight is 257 g/mol. The molecule has 1 aromatic heterocycles. The highest BCUT2D eigenvalue weighted by atomic mass is 32.2. The van der Waals surface area contributed by atoms with Gasteiger partial charge in [-0.15, -0.1) is 0 Å². The quantitative estimate of drug-likeness (QED) is 0.768. The average Bonchev–Trinajstić information content (AvgIpc) is 2.72. The number of aryl methyl sites for hydroxylation is 1. The molecule has 17 heavy (non-hydrogen) atoms. The Labute approximate surface area is 106 Å². The molecule has 5 heteroatoms. The van der Waals surface area contributed by atoms with Crippen LogP contribution in [0.1, 0.15) is 32.3 Å². The Bertz CT molecular complexity index is 351. The van der Waals surface area contributed by atoms with E-state index in [4.69, 9.17) is 0 Å². The topological polar surface area (TPSA) is 46.9 Å². The summed E-state index contributed by atoms with van der Waals surface area (Å²) in [6.45, 7) is 6.08. The molecule has 98 valence electrons. The molecule has 1 N–H and O–H groups in total. The minimum absolute atomic E-state index is 0.397. The number of nitrogens with zero attached hydrogens (tertiary/aromatic N) is 2. The second kappa shape index (κ2) is 7.61. The van der Waals surface area contributed by atoms with Crippen LogP contribution in [0.5, 0.6) is 0 Å². The minimum atomic E-state index is -0.689. The first-order valence-electron chi connectivity index (χ1n) is 6.16. The van der Waals surface area contributed by atoms with Crippen molar-refractivity contribution in [3.8, 4) is 0 Å². The van der Waals surface area contributed by atoms with Crippen molar-refractivity contribution in [3.63, 3.8) is 0 Å². The van der Waals surface area contributed by atoms with Gasteiger partial charge < -0.3 is 5.32 Å². The fourth-order valence-electron chi connectivity index (χ4n) is 1.59. The maximum atomic E-state index is 11.0. The van der Waals surface area contributed by atoms with Crippen molar-refractivity contribution in [1.82, 2.24) is 15.1 Å². The van der Waals surface area contributed by atoms with Crippen molar-refractivity contribution >= 4 is 10.8 Å². The third-order valence-corrected chi connectivity index (χ3v) is 3.44. The third-order valence-electron chi connectivity index (χ3n) is 2.63. The Hall–Kier alpha value is -0.680. The van der Waals surface area contributed by atoms with Gasteiger partial charge in [0.2, 0.25) is 0 Å². The monoisotopic (exact) mass is 257 g/mol. The molecule has 1 heterocycles. The van der Waals surface area contributed by atoms with E-state index < -0.39 is 10.8 Å². The maximum absolute atomic E-state index is 11.0. The molecule has 2 atom stereocenters. The van der Waals surface area contributed by atoms with Crippen LogP contribution in [0, 0.1) is 0 Å². The number of aromatic nitrogens is 2. The highest BCUT2D eigenvalue weighted by Crippen LogP contribution is 2.00. The number of nitrogens with one attached hydrogen (secondary N) is 1. The smallest absolute Gasteiger partial charge is 0.0534 e. The van der Waals surface area contributed by atoms with Crippen LogP contribution >= 0.6 is 0 Å². The Kier molecular flexibility index (Phi) is 6.44. The van der Waals surface area contributed by atoms with E-state index in [0.717, 1.165) is 31.7 Å². The molecule has 4 nitrogen and oxygen atoms in total. The van der Waals surface area contributed by atoms with Gasteiger partial charge in [0.15, 0.2) is 0 Å². The summed E-state index contributed by atoms with van der Waals surface area (Å²) in [6.07, 6.45) is 7.80. The molecule has 0 aliphatic carbocycles. The fraction of sp³-hybridized carbons (Fsp3) is 0.750. The standard InChI is InChI=1S/C12H23N3OS/c1-4-6-15-10-12(9-14-15)8-13-11(2)5-7-17(3)16/h9-11,13H,4-8H2,1-3H3. The maximum Gasteiger partial charge on any atom is 0.0534 e. The lowest BCUT2D eigenvalue weighted by Crippen LogP contribution is -2.26. The second-order valence-electron chi connectivity index (χ2n) is 4.46. The third kappa shape index (κ3) is 5.98. The first-order chi connectivity index (χ1) is 8.11. The Morgan fingerprint density at radius 1 is 1.59 bits per heavy atom. The molecule has 0 aliphatic rings. The van der Waals surface area contributed by atoms with Crippen LogP contribution in [-0.4, -0.2) is 32.0 Å². The van der Waals surface area contributed by atoms with Crippen molar-refractivity contribution in [1.29, 1.82) is 0 Å². The summed E-state index contributed by atoms with van der Waals surface area (Å²) in [6, 6.07) is 0.397. The molecule has 0 fully saturated rings. The normalized spacial score (nSPS) is 14.8. The Morgan fingerprint density at radius 3 is 3.00 bits per heavy atom. The van der Waals surface area contributed by atoms with Gasteiger partial charge in [-0.3, -0.25) is 8.89 Å². The second-order valence-corrected chi connectivity index (χ2v) is 6.01. The molecule has 2 unspecified atom stereocenters. The summed E-state index contributed by atoms with van der Waals surface area (Å²) < 4.78 is 12.9. The van der Waals surface area contributed by atoms with E-state index in [1.807, 2.05) is 10.9 Å².